The van der Waals surface area contributed by atoms with Gasteiger partial charge in [-0.25, -0.2) is 4.79 Å². The number of carboxylic acids is 1. The summed E-state index contributed by atoms with van der Waals surface area (Å²) in [4.78, 5) is 25.1. The third-order valence-electron chi connectivity index (χ3n) is 5.73. The van der Waals surface area contributed by atoms with E-state index in [2.05, 4.69) is 13.0 Å². The molecule has 1 heterocycles. The number of unbranched alkanes of at least 4 members (excludes halogenated alkanes) is 1. The topological polar surface area (TPSA) is 77.8 Å². The first-order valence-corrected chi connectivity index (χ1v) is 10.4. The number of carbonyl (C=O) groups is 2. The van der Waals surface area contributed by atoms with Crippen molar-refractivity contribution in [1.29, 1.82) is 0 Å². The van der Waals surface area contributed by atoms with Crippen molar-refractivity contribution in [3.63, 3.8) is 0 Å². The first-order chi connectivity index (χ1) is 13.4. The van der Waals surface area contributed by atoms with Gasteiger partial charge in [-0.2, -0.15) is 0 Å². The fourth-order valence-electron chi connectivity index (χ4n) is 3.68. The van der Waals surface area contributed by atoms with Crippen molar-refractivity contribution < 1.29 is 19.8 Å². The summed E-state index contributed by atoms with van der Waals surface area (Å²) in [6.45, 7) is 4.77. The second-order valence-corrected chi connectivity index (χ2v) is 7.76. The monoisotopic (exact) mass is 387 g/mol. The van der Waals surface area contributed by atoms with Crippen LogP contribution in [0.15, 0.2) is 36.4 Å². The second kappa shape index (κ2) is 10.4. The molecule has 5 nitrogen and oxygen atoms in total. The molecular formula is C23H33NO4. The molecule has 0 saturated carbocycles. The maximum Gasteiger partial charge on any atom is 0.335 e. The molecule has 1 aromatic carbocycles. The van der Waals surface area contributed by atoms with Crippen LogP contribution in [0.5, 0.6) is 0 Å². The third-order valence-corrected chi connectivity index (χ3v) is 5.73. The number of carbonyl (C=O) groups excluding carboxylic acids is 1. The highest BCUT2D eigenvalue weighted by Crippen LogP contribution is 2.25. The first-order valence-electron chi connectivity index (χ1n) is 10.4. The highest BCUT2D eigenvalue weighted by atomic mass is 16.4. The van der Waals surface area contributed by atoms with Crippen LogP contribution >= 0.6 is 0 Å². The minimum Gasteiger partial charge on any atom is -0.478 e. The van der Waals surface area contributed by atoms with Crippen LogP contribution in [0, 0.1) is 0 Å². The van der Waals surface area contributed by atoms with Gasteiger partial charge in [-0.05, 0) is 49.8 Å². The van der Waals surface area contributed by atoms with E-state index in [1.54, 1.807) is 12.1 Å². The average molecular weight is 388 g/mol. The Bertz CT molecular complexity index is 682. The van der Waals surface area contributed by atoms with Gasteiger partial charge in [-0.1, -0.05) is 51.0 Å². The molecule has 1 unspecified atom stereocenters. The Balaban J connectivity index is 1.92. The number of rotatable bonds is 11. The number of amides is 1. The normalized spacial score (nSPS) is 19.3. The van der Waals surface area contributed by atoms with Crippen LogP contribution in [0.25, 0.3) is 0 Å². The Morgan fingerprint density at radius 2 is 2.00 bits per heavy atom. The van der Waals surface area contributed by atoms with Crippen LogP contribution in [-0.2, 0) is 11.2 Å². The van der Waals surface area contributed by atoms with E-state index in [1.165, 1.54) is 0 Å². The van der Waals surface area contributed by atoms with Crippen molar-refractivity contribution in [3.8, 4) is 0 Å². The lowest BCUT2D eigenvalue weighted by Crippen LogP contribution is -2.34. The molecule has 0 bridgehead atoms. The molecule has 1 amide bonds. The van der Waals surface area contributed by atoms with E-state index in [0.717, 1.165) is 37.7 Å². The number of hydrogen-bond acceptors (Lipinski definition) is 3. The summed E-state index contributed by atoms with van der Waals surface area (Å²) in [6.07, 6.45) is 10.4. The zero-order chi connectivity index (χ0) is 20.6. The highest BCUT2D eigenvalue weighted by Gasteiger charge is 2.29. The van der Waals surface area contributed by atoms with E-state index < -0.39 is 11.6 Å². The van der Waals surface area contributed by atoms with E-state index in [9.17, 15) is 14.7 Å². The molecule has 0 radical (unpaired) electrons. The Kier molecular flexibility index (Phi) is 8.24. The van der Waals surface area contributed by atoms with Crippen molar-refractivity contribution in [2.75, 3.05) is 6.54 Å². The van der Waals surface area contributed by atoms with Gasteiger partial charge in [0.05, 0.1) is 17.2 Å². The van der Waals surface area contributed by atoms with Gasteiger partial charge in [0.2, 0.25) is 5.91 Å². The largest absolute Gasteiger partial charge is 0.478 e. The van der Waals surface area contributed by atoms with Crippen molar-refractivity contribution in [2.24, 2.45) is 0 Å². The van der Waals surface area contributed by atoms with Crippen LogP contribution in [0.2, 0.25) is 0 Å². The van der Waals surface area contributed by atoms with Gasteiger partial charge >= 0.3 is 5.97 Å². The predicted octanol–water partition coefficient (Wildman–Crippen LogP) is 4.20. The fourth-order valence-corrected chi connectivity index (χ4v) is 3.68. The average Bonchev–Trinajstić information content (AvgIpc) is 3.04. The third kappa shape index (κ3) is 6.20. The van der Waals surface area contributed by atoms with Gasteiger partial charge in [0.25, 0.3) is 0 Å². The minimum absolute atomic E-state index is 0.0816. The summed E-state index contributed by atoms with van der Waals surface area (Å²) in [5, 5.41) is 19.7. The molecule has 154 valence electrons. The van der Waals surface area contributed by atoms with Crippen LogP contribution in [-0.4, -0.2) is 45.2 Å². The summed E-state index contributed by atoms with van der Waals surface area (Å²) >= 11 is 0. The number of aliphatic hydroxyl groups is 1. The summed E-state index contributed by atoms with van der Waals surface area (Å²) in [7, 11) is 0. The molecule has 1 aromatic rings. The lowest BCUT2D eigenvalue weighted by Gasteiger charge is -2.26. The van der Waals surface area contributed by atoms with Gasteiger partial charge in [-0.15, -0.1) is 0 Å². The SMILES string of the molecule is CCCC[C@@](O)(CC)C/C=C/C1CCC(=O)N1CCc1ccc(C(=O)O)cc1. The molecule has 28 heavy (non-hydrogen) atoms. The molecule has 5 heteroatoms. The number of hydrogen-bond donors (Lipinski definition) is 2. The Morgan fingerprint density at radius 1 is 1.29 bits per heavy atom. The molecule has 2 atom stereocenters. The lowest BCUT2D eigenvalue weighted by atomic mass is 9.90. The Hall–Kier alpha value is -2.14. The minimum atomic E-state index is -0.933. The van der Waals surface area contributed by atoms with Crippen LogP contribution < -0.4 is 0 Å². The predicted molar refractivity (Wildman–Crippen MR) is 110 cm³/mol. The van der Waals surface area contributed by atoms with Crippen molar-refractivity contribution in [3.05, 3.63) is 47.5 Å². The van der Waals surface area contributed by atoms with E-state index >= 15 is 0 Å². The van der Waals surface area contributed by atoms with Crippen molar-refractivity contribution in [1.82, 2.24) is 4.90 Å². The molecule has 1 aliphatic rings. The maximum absolute atomic E-state index is 12.3. The Morgan fingerprint density at radius 3 is 2.61 bits per heavy atom. The first kappa shape index (κ1) is 22.2. The molecule has 2 rings (SSSR count). The maximum atomic E-state index is 12.3. The molecular weight excluding hydrogens is 354 g/mol. The highest BCUT2D eigenvalue weighted by molar-refractivity contribution is 5.87. The van der Waals surface area contributed by atoms with Crippen molar-refractivity contribution in [2.45, 2.75) is 76.9 Å². The summed E-state index contributed by atoms with van der Waals surface area (Å²) in [6, 6.07) is 6.90. The fraction of sp³-hybridized carbons (Fsp3) is 0.565. The van der Waals surface area contributed by atoms with Gasteiger partial charge < -0.3 is 15.1 Å². The van der Waals surface area contributed by atoms with Crippen molar-refractivity contribution >= 4 is 11.9 Å². The number of benzene rings is 1. The molecule has 0 aliphatic carbocycles. The molecule has 1 aliphatic heterocycles. The number of likely N-dealkylation sites (tertiary alicyclic amines) is 1. The van der Waals surface area contributed by atoms with E-state index in [1.807, 2.05) is 30.0 Å². The van der Waals surface area contributed by atoms with Gasteiger partial charge in [0.15, 0.2) is 0 Å². The summed E-state index contributed by atoms with van der Waals surface area (Å²) in [5.41, 5.74) is 0.645. The molecule has 2 N–H and O–H groups in total. The second-order valence-electron chi connectivity index (χ2n) is 7.76. The standard InChI is InChI=1S/C23H33NO4/c1-3-5-15-23(28,4-2)16-6-7-20-12-13-21(25)24(20)17-14-18-8-10-19(11-9-18)22(26)27/h6-11,20,28H,3-5,12-17H2,1-2H3,(H,26,27)/b7-6+/t20?,23-/m0/s1. The molecule has 0 spiro atoms. The number of carboxylic acid groups (broad SMARTS) is 1. The molecule has 1 saturated heterocycles. The van der Waals surface area contributed by atoms with Gasteiger partial charge in [0, 0.05) is 13.0 Å². The van der Waals surface area contributed by atoms with Crippen LogP contribution in [0.3, 0.4) is 0 Å². The van der Waals surface area contributed by atoms with Crippen LogP contribution in [0.1, 0.15) is 74.7 Å². The smallest absolute Gasteiger partial charge is 0.335 e. The summed E-state index contributed by atoms with van der Waals surface area (Å²) < 4.78 is 0. The molecule has 1 fully saturated rings. The zero-order valence-corrected chi connectivity index (χ0v) is 17.1. The van der Waals surface area contributed by atoms with E-state index in [0.29, 0.717) is 25.8 Å². The van der Waals surface area contributed by atoms with Gasteiger partial charge in [0.1, 0.15) is 0 Å². The number of nitrogens with zero attached hydrogens (tertiary/aromatic N) is 1. The van der Waals surface area contributed by atoms with Gasteiger partial charge in [-0.3, -0.25) is 4.79 Å². The molecule has 0 aromatic heterocycles. The van der Waals surface area contributed by atoms with E-state index in [-0.39, 0.29) is 17.5 Å². The quantitative estimate of drug-likeness (QED) is 0.558. The zero-order valence-electron chi connectivity index (χ0n) is 17.1. The lowest BCUT2D eigenvalue weighted by molar-refractivity contribution is -0.128. The van der Waals surface area contributed by atoms with Crippen LogP contribution in [0.4, 0.5) is 0 Å². The van der Waals surface area contributed by atoms with E-state index in [4.69, 9.17) is 5.11 Å². The number of aromatic carboxylic acids is 1. The Labute approximate surface area is 168 Å². The summed E-state index contributed by atoms with van der Waals surface area (Å²) in [5.74, 6) is -0.772.